The normalized spacial score (nSPS) is 18.8. The van der Waals surface area contributed by atoms with E-state index < -0.39 is 27.2 Å². The Morgan fingerprint density at radius 2 is 2.00 bits per heavy atom. The van der Waals surface area contributed by atoms with Gasteiger partial charge in [-0.15, -0.1) is 0 Å². The second-order valence-corrected chi connectivity index (χ2v) is 2.80. The molecule has 0 N–H and O–H groups in total. The Labute approximate surface area is 88.2 Å². The summed E-state index contributed by atoms with van der Waals surface area (Å²) in [5.74, 6) is -4.14. The summed E-state index contributed by atoms with van der Waals surface area (Å²) in [5, 5.41) is 21.5. The maximum absolute atomic E-state index is 10.9. The number of carbonyl (C=O) groups excluding carboxylic acids is 1. The molecule has 0 bridgehead atoms. The van der Waals surface area contributed by atoms with Crippen LogP contribution >= 0.6 is 0 Å². The zero-order chi connectivity index (χ0) is 12.5. The van der Waals surface area contributed by atoms with Gasteiger partial charge in [0.25, 0.3) is 0 Å². The monoisotopic (exact) mass is 233 g/mol. The Kier molecular flexibility index (Phi) is 2.87. The molecule has 0 spiro atoms. The van der Waals surface area contributed by atoms with Gasteiger partial charge in [0.1, 0.15) is 21.1 Å². The molecular weight excluding hydrogens is 226 g/mol. The molecule has 88 valence electrons. The topological polar surface area (TPSA) is 125 Å². The summed E-state index contributed by atoms with van der Waals surface area (Å²) in [6, 6.07) is 0. The number of rotatable bonds is 4. The minimum atomic E-state index is -2.93. The first-order valence-electron chi connectivity index (χ1n) is 3.91. The highest BCUT2D eigenvalue weighted by Crippen LogP contribution is 2.30. The molecule has 1 aliphatic heterocycles. The van der Waals surface area contributed by atoms with Crippen molar-refractivity contribution in [1.82, 2.24) is 5.23 Å². The number of carbonyl (C=O) groups is 1. The average Bonchev–Trinajstić information content (AvgIpc) is 2.57. The zero-order valence-corrected chi connectivity index (χ0v) is 8.28. The van der Waals surface area contributed by atoms with Gasteiger partial charge in [-0.05, 0) is 0 Å². The number of hydrogen-bond acceptors (Lipinski definition) is 8. The number of nitrogens with zero attached hydrogens (tertiary/aromatic N) is 3. The molecule has 1 rings (SSSR count). The lowest BCUT2D eigenvalue weighted by Gasteiger charge is -2.17. The summed E-state index contributed by atoms with van der Waals surface area (Å²) in [5.41, 5.74) is 0. The quantitative estimate of drug-likeness (QED) is 0.360. The van der Waals surface area contributed by atoms with Crippen molar-refractivity contribution in [1.29, 1.82) is 0 Å². The van der Waals surface area contributed by atoms with E-state index in [1.165, 1.54) is 0 Å². The fourth-order valence-electron chi connectivity index (χ4n) is 1.05. The number of Topliss-reactive ketones (excluding diaryl/α,β-unsaturated/α-hetero) is 1. The molecule has 0 radical (unpaired) electrons. The molecule has 1 aliphatic rings. The number of hydroxylamine groups is 2. The van der Waals surface area contributed by atoms with Crippen molar-refractivity contribution < 1.29 is 24.3 Å². The van der Waals surface area contributed by atoms with Crippen molar-refractivity contribution in [2.45, 2.75) is 12.7 Å². The predicted molar refractivity (Wildman–Crippen MR) is 45.4 cm³/mol. The summed E-state index contributed by atoms with van der Waals surface area (Å²) in [6.07, 6.45) is 0.485. The van der Waals surface area contributed by atoms with Gasteiger partial charge in [-0.3, -0.25) is 29.9 Å². The fraction of sp³-hybridized carbons (Fsp3) is 0.500. The summed E-state index contributed by atoms with van der Waals surface area (Å²) in [4.78, 5) is 38.8. The van der Waals surface area contributed by atoms with E-state index in [0.717, 1.165) is 14.0 Å². The van der Waals surface area contributed by atoms with Crippen LogP contribution in [-0.2, 0) is 14.5 Å². The molecule has 0 aromatic carbocycles. The largest absolute Gasteiger partial charge is 0.600 e. The van der Waals surface area contributed by atoms with E-state index in [2.05, 4.69) is 9.68 Å². The SMILES string of the molecule is CON1OC(C(C)=O)=CC1([N+](=O)[O-])[N+](=O)[O-]. The molecule has 0 unspecified atom stereocenters. The van der Waals surface area contributed by atoms with Crippen LogP contribution in [0, 0.1) is 20.2 Å². The van der Waals surface area contributed by atoms with Crippen LogP contribution in [0.1, 0.15) is 6.92 Å². The van der Waals surface area contributed by atoms with Crippen LogP contribution in [0.2, 0.25) is 0 Å². The lowest BCUT2D eigenvalue weighted by molar-refractivity contribution is -0.839. The average molecular weight is 233 g/mol. The minimum absolute atomic E-state index is 0.0454. The zero-order valence-electron chi connectivity index (χ0n) is 8.28. The molecule has 16 heavy (non-hydrogen) atoms. The van der Waals surface area contributed by atoms with Gasteiger partial charge in [-0.2, -0.15) is 0 Å². The number of hydrogen-bond donors (Lipinski definition) is 0. The first-order valence-corrected chi connectivity index (χ1v) is 3.91. The van der Waals surface area contributed by atoms with Crippen LogP contribution in [0.3, 0.4) is 0 Å². The molecule has 0 saturated heterocycles. The van der Waals surface area contributed by atoms with Gasteiger partial charge in [0.05, 0.1) is 7.11 Å². The summed E-state index contributed by atoms with van der Waals surface area (Å²) in [6.45, 7) is 1.05. The predicted octanol–water partition coefficient (Wildman–Crippen LogP) is -0.525. The van der Waals surface area contributed by atoms with Gasteiger partial charge in [0.2, 0.25) is 5.76 Å². The first kappa shape index (κ1) is 12.0. The van der Waals surface area contributed by atoms with Crippen molar-refractivity contribution in [3.05, 3.63) is 32.1 Å². The molecule has 10 nitrogen and oxygen atoms in total. The molecular formula is C6H7N3O7. The smallest absolute Gasteiger partial charge is 0.364 e. The van der Waals surface area contributed by atoms with Crippen molar-refractivity contribution in [2.75, 3.05) is 7.11 Å². The van der Waals surface area contributed by atoms with Crippen LogP contribution in [0.5, 0.6) is 0 Å². The molecule has 1 heterocycles. The van der Waals surface area contributed by atoms with Crippen molar-refractivity contribution >= 4 is 5.78 Å². The van der Waals surface area contributed by atoms with Crippen LogP contribution in [-0.4, -0.2) is 33.8 Å². The van der Waals surface area contributed by atoms with Crippen molar-refractivity contribution in [2.24, 2.45) is 0 Å². The van der Waals surface area contributed by atoms with Crippen LogP contribution in [0.25, 0.3) is 0 Å². The van der Waals surface area contributed by atoms with Gasteiger partial charge >= 0.3 is 5.79 Å². The number of allylic oxidation sites excluding steroid dienone is 1. The lowest BCUT2D eigenvalue weighted by Crippen LogP contribution is -2.55. The lowest BCUT2D eigenvalue weighted by atomic mass is 10.3. The molecule has 0 aromatic heterocycles. The second-order valence-electron chi connectivity index (χ2n) is 2.80. The Bertz CT molecular complexity index is 376. The fourth-order valence-corrected chi connectivity index (χ4v) is 1.05. The van der Waals surface area contributed by atoms with Gasteiger partial charge in [-0.1, -0.05) is 0 Å². The number of ketones is 1. The van der Waals surface area contributed by atoms with Crippen molar-refractivity contribution in [3.63, 3.8) is 0 Å². The van der Waals surface area contributed by atoms with Crippen LogP contribution in [0.15, 0.2) is 11.8 Å². The summed E-state index contributed by atoms with van der Waals surface area (Å²) >= 11 is 0. The third-order valence-electron chi connectivity index (χ3n) is 1.82. The Balaban J connectivity index is 3.29. The molecule has 10 heteroatoms. The maximum Gasteiger partial charge on any atom is 0.600 e. The first-order chi connectivity index (χ1) is 7.36. The van der Waals surface area contributed by atoms with E-state index in [-0.39, 0.29) is 5.23 Å². The molecule has 0 amide bonds. The Morgan fingerprint density at radius 1 is 1.50 bits per heavy atom. The third kappa shape index (κ3) is 1.49. The molecule has 0 atom stereocenters. The second kappa shape index (κ2) is 3.83. The molecule has 0 aliphatic carbocycles. The highest BCUT2D eigenvalue weighted by atomic mass is 17.0. The van der Waals surface area contributed by atoms with E-state index >= 15 is 0 Å². The minimum Gasteiger partial charge on any atom is -0.364 e. The van der Waals surface area contributed by atoms with Crippen LogP contribution in [0.4, 0.5) is 0 Å². The van der Waals surface area contributed by atoms with Crippen molar-refractivity contribution in [3.8, 4) is 0 Å². The third-order valence-corrected chi connectivity index (χ3v) is 1.82. The van der Waals surface area contributed by atoms with E-state index in [1.807, 2.05) is 0 Å². The molecule has 0 saturated carbocycles. The summed E-state index contributed by atoms with van der Waals surface area (Å²) < 4.78 is 0. The highest BCUT2D eigenvalue weighted by molar-refractivity contribution is 5.91. The Hall–Kier alpha value is -2.07. The molecule has 0 fully saturated rings. The van der Waals surface area contributed by atoms with E-state index in [4.69, 9.17) is 0 Å². The highest BCUT2D eigenvalue weighted by Gasteiger charge is 2.68. The van der Waals surface area contributed by atoms with Crippen LogP contribution < -0.4 is 0 Å². The Morgan fingerprint density at radius 3 is 2.25 bits per heavy atom. The summed E-state index contributed by atoms with van der Waals surface area (Å²) in [7, 11) is 0.943. The van der Waals surface area contributed by atoms with Gasteiger partial charge < -0.3 is 4.84 Å². The number of nitro groups is 2. The van der Waals surface area contributed by atoms with Gasteiger partial charge in [0, 0.05) is 6.92 Å². The van der Waals surface area contributed by atoms with E-state index in [0.29, 0.717) is 6.08 Å². The maximum atomic E-state index is 10.9. The van der Waals surface area contributed by atoms with Gasteiger partial charge in [-0.25, -0.2) is 0 Å². The van der Waals surface area contributed by atoms with Gasteiger partial charge in [0.15, 0.2) is 5.78 Å². The standard InChI is InChI=1S/C6H7N3O7/c1-4(10)5-3-6(7(11)12,8(13)14)9(15-2)16-5/h3H,1-2H3. The van der Waals surface area contributed by atoms with E-state index in [1.54, 1.807) is 0 Å². The van der Waals surface area contributed by atoms with E-state index in [9.17, 15) is 25.0 Å². The molecule has 0 aromatic rings.